The number of amides is 2. The molecular formula is C11H15N5O5S. The molecule has 1 aliphatic heterocycles. The fourth-order valence-corrected chi connectivity index (χ4v) is 2.90. The van der Waals surface area contributed by atoms with Crippen molar-refractivity contribution in [2.24, 2.45) is 0 Å². The molecular weight excluding hydrogens is 314 g/mol. The molecule has 120 valence electrons. The number of hydrogen-bond donors (Lipinski definition) is 2. The smallest absolute Gasteiger partial charge is 0.407 e. The molecule has 0 aliphatic carbocycles. The molecule has 0 bridgehead atoms. The first-order valence-corrected chi connectivity index (χ1v) is 7.92. The molecule has 11 heteroatoms. The molecule has 0 unspecified atom stereocenters. The highest BCUT2D eigenvalue weighted by Crippen LogP contribution is 2.21. The maximum Gasteiger partial charge on any atom is 0.407 e. The summed E-state index contributed by atoms with van der Waals surface area (Å²) in [5.41, 5.74) is 0.896. The van der Waals surface area contributed by atoms with Crippen LogP contribution >= 0.6 is 0 Å². The van der Waals surface area contributed by atoms with Gasteiger partial charge in [0.05, 0.1) is 18.8 Å². The van der Waals surface area contributed by atoms with Crippen LogP contribution in [0, 0.1) is 0 Å². The van der Waals surface area contributed by atoms with Crippen LogP contribution in [0.4, 0.5) is 4.79 Å². The van der Waals surface area contributed by atoms with Gasteiger partial charge in [-0.3, -0.25) is 14.7 Å². The number of hydrazine groups is 1. The van der Waals surface area contributed by atoms with Gasteiger partial charge in [-0.05, 0) is 6.42 Å². The molecule has 2 heterocycles. The summed E-state index contributed by atoms with van der Waals surface area (Å²) in [5, 5.41) is 9.31. The number of fused-ring (bicyclic) bond motifs is 1. The van der Waals surface area contributed by atoms with Crippen LogP contribution in [0.3, 0.4) is 0 Å². The SMILES string of the molecule is CCCN(C=O)NS(=O)(=O)c1ncc2c(n1)CN(C(=O)O)C2. The zero-order valence-electron chi connectivity index (χ0n) is 11.8. The predicted molar refractivity (Wildman–Crippen MR) is 72.7 cm³/mol. The van der Waals surface area contributed by atoms with Gasteiger partial charge in [-0.15, -0.1) is 4.83 Å². The Kier molecular flexibility index (Phi) is 4.56. The summed E-state index contributed by atoms with van der Waals surface area (Å²) in [7, 11) is -4.10. The lowest BCUT2D eigenvalue weighted by molar-refractivity contribution is -0.119. The van der Waals surface area contributed by atoms with Gasteiger partial charge >= 0.3 is 6.09 Å². The Hall–Kier alpha value is -2.27. The molecule has 0 aromatic carbocycles. The molecule has 0 spiro atoms. The highest BCUT2D eigenvalue weighted by molar-refractivity contribution is 7.89. The van der Waals surface area contributed by atoms with Gasteiger partial charge in [0.25, 0.3) is 15.2 Å². The summed E-state index contributed by atoms with van der Waals surface area (Å²) in [6.07, 6.45) is 1.10. The van der Waals surface area contributed by atoms with Gasteiger partial charge in [0, 0.05) is 18.3 Å². The van der Waals surface area contributed by atoms with Crippen LogP contribution in [0.2, 0.25) is 0 Å². The van der Waals surface area contributed by atoms with Crippen LogP contribution < -0.4 is 4.83 Å². The molecule has 0 atom stereocenters. The number of rotatable bonds is 6. The van der Waals surface area contributed by atoms with Crippen molar-refractivity contribution < 1.29 is 23.1 Å². The first-order chi connectivity index (χ1) is 10.4. The lowest BCUT2D eigenvalue weighted by Crippen LogP contribution is -2.42. The molecule has 2 rings (SSSR count). The minimum absolute atomic E-state index is 0.00205. The highest BCUT2D eigenvalue weighted by atomic mass is 32.2. The van der Waals surface area contributed by atoms with Gasteiger partial charge in [-0.2, -0.15) is 0 Å². The van der Waals surface area contributed by atoms with Crippen LogP contribution in [0.15, 0.2) is 11.4 Å². The van der Waals surface area contributed by atoms with Gasteiger partial charge in [-0.25, -0.2) is 23.2 Å². The first kappa shape index (κ1) is 16.1. The molecule has 0 saturated carbocycles. The summed E-state index contributed by atoms with van der Waals surface area (Å²) in [6.45, 7) is 2.12. The van der Waals surface area contributed by atoms with E-state index in [0.717, 1.165) is 9.91 Å². The van der Waals surface area contributed by atoms with E-state index in [4.69, 9.17) is 5.11 Å². The molecule has 1 aromatic heterocycles. The number of carbonyl (C=O) groups is 2. The zero-order chi connectivity index (χ0) is 16.3. The standard InChI is InChI=1S/C11H15N5O5S/c1-2-3-16(7-17)14-22(20,21)10-12-4-8-5-15(11(18)19)6-9(8)13-10/h4,7,14H,2-3,5-6H2,1H3,(H,18,19). The first-order valence-electron chi connectivity index (χ1n) is 6.44. The van der Waals surface area contributed by atoms with Crippen molar-refractivity contribution in [1.29, 1.82) is 0 Å². The predicted octanol–water partition coefficient (Wildman–Crippen LogP) is -0.468. The maximum absolute atomic E-state index is 12.1. The molecule has 2 amide bonds. The molecule has 1 aliphatic rings. The fraction of sp³-hybridized carbons (Fsp3) is 0.455. The monoisotopic (exact) mass is 329 g/mol. The quantitative estimate of drug-likeness (QED) is 0.409. The largest absolute Gasteiger partial charge is 0.465 e. The summed E-state index contributed by atoms with van der Waals surface area (Å²) >= 11 is 0. The maximum atomic E-state index is 12.1. The lowest BCUT2D eigenvalue weighted by atomic mass is 10.3. The second-order valence-electron chi connectivity index (χ2n) is 4.66. The number of hydrogen-bond acceptors (Lipinski definition) is 6. The van der Waals surface area contributed by atoms with E-state index in [0.29, 0.717) is 24.1 Å². The topological polar surface area (TPSA) is 133 Å². The lowest BCUT2D eigenvalue weighted by Gasteiger charge is -2.16. The van der Waals surface area contributed by atoms with Crippen LogP contribution in [0.5, 0.6) is 0 Å². The Morgan fingerprint density at radius 2 is 2.27 bits per heavy atom. The van der Waals surface area contributed by atoms with Crippen LogP contribution in [-0.4, -0.2) is 52.4 Å². The second-order valence-corrected chi connectivity index (χ2v) is 6.21. The molecule has 2 N–H and O–H groups in total. The van der Waals surface area contributed by atoms with Gasteiger partial charge < -0.3 is 5.11 Å². The van der Waals surface area contributed by atoms with E-state index in [1.165, 1.54) is 6.20 Å². The van der Waals surface area contributed by atoms with Gasteiger partial charge in [0.2, 0.25) is 6.41 Å². The van der Waals surface area contributed by atoms with E-state index < -0.39 is 21.3 Å². The number of aromatic nitrogens is 2. The Morgan fingerprint density at radius 1 is 1.55 bits per heavy atom. The van der Waals surface area contributed by atoms with E-state index in [2.05, 4.69) is 14.8 Å². The van der Waals surface area contributed by atoms with E-state index in [-0.39, 0.29) is 19.6 Å². The second kappa shape index (κ2) is 6.23. The molecule has 1 aromatic rings. The van der Waals surface area contributed by atoms with Crippen molar-refractivity contribution in [2.75, 3.05) is 6.54 Å². The minimum Gasteiger partial charge on any atom is -0.465 e. The average molecular weight is 329 g/mol. The number of carbonyl (C=O) groups excluding carboxylic acids is 1. The third-order valence-corrected chi connectivity index (χ3v) is 4.13. The molecule has 22 heavy (non-hydrogen) atoms. The van der Waals surface area contributed by atoms with Crippen molar-refractivity contribution in [3.8, 4) is 0 Å². The summed E-state index contributed by atoms with van der Waals surface area (Å²) < 4.78 is 24.2. The average Bonchev–Trinajstić information content (AvgIpc) is 2.89. The Labute approximate surface area is 126 Å². The third-order valence-electron chi connectivity index (χ3n) is 2.97. The third kappa shape index (κ3) is 3.31. The van der Waals surface area contributed by atoms with Crippen LogP contribution in [0.25, 0.3) is 0 Å². The molecule has 0 saturated heterocycles. The van der Waals surface area contributed by atoms with Crippen molar-refractivity contribution in [3.05, 3.63) is 17.5 Å². The van der Waals surface area contributed by atoms with Crippen molar-refractivity contribution in [1.82, 2.24) is 24.7 Å². The van der Waals surface area contributed by atoms with Crippen molar-refractivity contribution in [3.63, 3.8) is 0 Å². The summed E-state index contributed by atoms with van der Waals surface area (Å²) in [5.74, 6) is 0. The summed E-state index contributed by atoms with van der Waals surface area (Å²) in [4.78, 5) is 32.5. The highest BCUT2D eigenvalue weighted by Gasteiger charge is 2.28. The molecule has 0 radical (unpaired) electrons. The zero-order valence-corrected chi connectivity index (χ0v) is 12.6. The number of nitrogens with zero attached hydrogens (tertiary/aromatic N) is 4. The number of nitrogens with one attached hydrogen (secondary N) is 1. The van der Waals surface area contributed by atoms with Gasteiger partial charge in [-0.1, -0.05) is 6.92 Å². The van der Waals surface area contributed by atoms with E-state index in [1.54, 1.807) is 6.92 Å². The van der Waals surface area contributed by atoms with E-state index in [9.17, 15) is 18.0 Å². The molecule has 0 fully saturated rings. The summed E-state index contributed by atoms with van der Waals surface area (Å²) in [6, 6.07) is 0. The van der Waals surface area contributed by atoms with Crippen molar-refractivity contribution >= 4 is 22.5 Å². The van der Waals surface area contributed by atoms with Gasteiger partial charge in [0.15, 0.2) is 0 Å². The van der Waals surface area contributed by atoms with Gasteiger partial charge in [0.1, 0.15) is 0 Å². The van der Waals surface area contributed by atoms with E-state index in [1.807, 2.05) is 0 Å². The Morgan fingerprint density at radius 3 is 2.86 bits per heavy atom. The van der Waals surface area contributed by atoms with Crippen LogP contribution in [-0.2, 0) is 27.9 Å². The molecule has 10 nitrogen and oxygen atoms in total. The number of sulfonamides is 1. The normalized spacial score (nSPS) is 13.8. The number of carboxylic acid groups (broad SMARTS) is 1. The van der Waals surface area contributed by atoms with Crippen molar-refractivity contribution in [2.45, 2.75) is 31.6 Å². The van der Waals surface area contributed by atoms with Crippen LogP contribution in [0.1, 0.15) is 24.6 Å². The minimum atomic E-state index is -4.10. The Bertz CT molecular complexity index is 692. The van der Waals surface area contributed by atoms with E-state index >= 15 is 0 Å². The fourth-order valence-electron chi connectivity index (χ4n) is 1.96. The Balaban J connectivity index is 2.22.